The van der Waals surface area contributed by atoms with Crippen LogP contribution in [0.2, 0.25) is 0 Å². The summed E-state index contributed by atoms with van der Waals surface area (Å²) in [4.78, 5) is 20.5. The minimum absolute atomic E-state index is 0. The van der Waals surface area contributed by atoms with Crippen molar-refractivity contribution in [2.24, 2.45) is 0 Å². The molecule has 78 valence electrons. The second-order valence-electron chi connectivity index (χ2n) is 1.56. The molecule has 0 aromatic heterocycles. The fourth-order valence-corrected chi connectivity index (χ4v) is 0.273. The van der Waals surface area contributed by atoms with Gasteiger partial charge in [-0.05, 0) is 6.92 Å². The zero-order chi connectivity index (χ0) is 10.9. The van der Waals surface area contributed by atoms with Crippen LogP contribution in [0.3, 0.4) is 0 Å². The number of ether oxygens (including phenoxy) is 2. The first-order chi connectivity index (χ1) is 5.95. The quantitative estimate of drug-likeness (QED) is 0.221. The standard InChI is InChI=1S/C5H8O4.BH3O3.Li.H/c1-3-9-5(7)4(6)8-2;2-1(3)4;;/h3H2,1-2H3;2-4H;;/q;;+1;-1. The SMILES string of the molecule is CCOC(=O)C(=O)OC.OB(O)O.[H-].[Li+]. The molecule has 0 bridgehead atoms. The summed E-state index contributed by atoms with van der Waals surface area (Å²) in [5.74, 6) is -1.91. The van der Waals surface area contributed by atoms with E-state index in [1.54, 1.807) is 6.92 Å². The molecule has 0 rings (SSSR count). The molecule has 0 unspecified atom stereocenters. The second-order valence-corrected chi connectivity index (χ2v) is 1.56. The summed E-state index contributed by atoms with van der Waals surface area (Å²) in [5, 5.41) is 21.5. The molecule has 0 aromatic rings. The Bertz CT molecular complexity index is 165. The average molecular weight is 202 g/mol. The summed E-state index contributed by atoms with van der Waals surface area (Å²) < 4.78 is 8.33. The molecular weight excluding hydrogens is 190 g/mol. The van der Waals surface area contributed by atoms with Crippen LogP contribution in [0.15, 0.2) is 0 Å². The van der Waals surface area contributed by atoms with E-state index in [2.05, 4.69) is 9.47 Å². The smallest absolute Gasteiger partial charge is 1.00 e. The van der Waals surface area contributed by atoms with Gasteiger partial charge in [0, 0.05) is 0 Å². The van der Waals surface area contributed by atoms with E-state index in [4.69, 9.17) is 15.1 Å². The molecule has 0 aliphatic rings. The van der Waals surface area contributed by atoms with Crippen LogP contribution in [0.4, 0.5) is 0 Å². The van der Waals surface area contributed by atoms with Gasteiger partial charge in [-0.1, -0.05) is 0 Å². The third-order valence-corrected chi connectivity index (χ3v) is 0.627. The van der Waals surface area contributed by atoms with Gasteiger partial charge in [0.05, 0.1) is 13.7 Å². The van der Waals surface area contributed by atoms with E-state index < -0.39 is 19.3 Å². The Morgan fingerprint density at radius 2 is 1.64 bits per heavy atom. The van der Waals surface area contributed by atoms with Gasteiger partial charge >= 0.3 is 38.1 Å². The Morgan fingerprint density at radius 3 is 1.86 bits per heavy atom. The van der Waals surface area contributed by atoms with Gasteiger partial charge in [-0.25, -0.2) is 9.59 Å². The van der Waals surface area contributed by atoms with E-state index >= 15 is 0 Å². The van der Waals surface area contributed by atoms with Gasteiger partial charge in [0.1, 0.15) is 0 Å². The summed E-state index contributed by atoms with van der Waals surface area (Å²) in [6, 6.07) is 0. The first kappa shape index (κ1) is 19.1. The molecule has 0 amide bonds. The summed E-state index contributed by atoms with van der Waals surface area (Å²) in [7, 11) is -1.04. The van der Waals surface area contributed by atoms with Gasteiger partial charge in [0.2, 0.25) is 0 Å². The maximum Gasteiger partial charge on any atom is 1.00 e. The van der Waals surface area contributed by atoms with Gasteiger partial charge in [-0.2, -0.15) is 0 Å². The summed E-state index contributed by atoms with van der Waals surface area (Å²) >= 11 is 0. The Morgan fingerprint density at radius 1 is 1.29 bits per heavy atom. The molecule has 7 nitrogen and oxygen atoms in total. The van der Waals surface area contributed by atoms with Crippen LogP contribution in [0.1, 0.15) is 8.35 Å². The molecule has 0 atom stereocenters. The number of carbonyl (C=O) groups excluding carboxylic acids is 2. The maximum atomic E-state index is 10.3. The molecule has 0 aliphatic heterocycles. The minimum Gasteiger partial charge on any atom is -1.00 e. The van der Waals surface area contributed by atoms with E-state index in [1.807, 2.05) is 0 Å². The van der Waals surface area contributed by atoms with Gasteiger partial charge < -0.3 is 26.0 Å². The van der Waals surface area contributed by atoms with Crippen molar-refractivity contribution in [1.29, 1.82) is 0 Å². The number of esters is 2. The molecule has 0 saturated heterocycles. The molecule has 3 N–H and O–H groups in total. The Kier molecular flexibility index (Phi) is 17.0. The summed E-state index contributed by atoms with van der Waals surface area (Å²) in [5.41, 5.74) is 0. The molecular formula is C5H12BLiO7. The van der Waals surface area contributed by atoms with Gasteiger partial charge in [0.25, 0.3) is 0 Å². The zero-order valence-corrected chi connectivity index (χ0v) is 8.26. The first-order valence-corrected chi connectivity index (χ1v) is 3.25. The van der Waals surface area contributed by atoms with E-state index in [1.165, 1.54) is 0 Å². The summed E-state index contributed by atoms with van der Waals surface area (Å²) in [6.45, 7) is 1.80. The van der Waals surface area contributed by atoms with Crippen LogP contribution in [0.5, 0.6) is 0 Å². The van der Waals surface area contributed by atoms with E-state index in [0.29, 0.717) is 0 Å². The zero-order valence-electron chi connectivity index (χ0n) is 9.26. The number of rotatable bonds is 1. The topological polar surface area (TPSA) is 113 Å². The largest absolute Gasteiger partial charge is 1.00 e. The van der Waals surface area contributed by atoms with Crippen molar-refractivity contribution in [2.45, 2.75) is 6.92 Å². The van der Waals surface area contributed by atoms with Crippen molar-refractivity contribution in [1.82, 2.24) is 0 Å². The maximum absolute atomic E-state index is 10.3. The monoisotopic (exact) mass is 202 g/mol. The van der Waals surface area contributed by atoms with Crippen LogP contribution < -0.4 is 18.9 Å². The van der Waals surface area contributed by atoms with E-state index in [0.717, 1.165) is 7.11 Å². The second kappa shape index (κ2) is 12.5. The van der Waals surface area contributed by atoms with Crippen LogP contribution in [-0.4, -0.2) is 48.0 Å². The third-order valence-electron chi connectivity index (χ3n) is 0.627. The normalized spacial score (nSPS) is 7.21. The van der Waals surface area contributed by atoms with Crippen molar-refractivity contribution in [3.8, 4) is 0 Å². The molecule has 0 aromatic carbocycles. The molecule has 9 heteroatoms. The molecule has 0 spiro atoms. The predicted octanol–water partition coefficient (Wildman–Crippen LogP) is -5.21. The molecule has 0 radical (unpaired) electrons. The van der Waals surface area contributed by atoms with Crippen molar-refractivity contribution >= 4 is 19.3 Å². The molecule has 0 heterocycles. The first-order valence-electron chi connectivity index (χ1n) is 3.25. The minimum atomic E-state index is -2.17. The number of methoxy groups -OCH3 is 1. The van der Waals surface area contributed by atoms with E-state index in [-0.39, 0.29) is 26.9 Å². The number of hydrogen-bond donors (Lipinski definition) is 3. The van der Waals surface area contributed by atoms with Gasteiger partial charge in [-0.15, -0.1) is 0 Å². The number of hydrogen-bond acceptors (Lipinski definition) is 7. The van der Waals surface area contributed by atoms with Crippen LogP contribution in [0, 0.1) is 0 Å². The van der Waals surface area contributed by atoms with Crippen molar-refractivity contribution < 1.29 is 54.4 Å². The van der Waals surface area contributed by atoms with Crippen molar-refractivity contribution in [2.75, 3.05) is 13.7 Å². The average Bonchev–Trinajstić information content (AvgIpc) is 2.02. The molecule has 14 heavy (non-hydrogen) atoms. The molecule has 0 saturated carbocycles. The van der Waals surface area contributed by atoms with Crippen molar-refractivity contribution in [3.63, 3.8) is 0 Å². The van der Waals surface area contributed by atoms with Crippen LogP contribution >= 0.6 is 0 Å². The van der Waals surface area contributed by atoms with Crippen LogP contribution in [0.25, 0.3) is 0 Å². The van der Waals surface area contributed by atoms with Gasteiger partial charge in [-0.3, -0.25) is 0 Å². The Balaban J connectivity index is -0.0000000883. The van der Waals surface area contributed by atoms with Gasteiger partial charge in [0.15, 0.2) is 0 Å². The Hall–Kier alpha value is -0.518. The number of carbonyl (C=O) groups is 2. The van der Waals surface area contributed by atoms with Crippen LogP contribution in [-0.2, 0) is 19.1 Å². The van der Waals surface area contributed by atoms with E-state index in [9.17, 15) is 9.59 Å². The third kappa shape index (κ3) is 17.5. The fourth-order valence-electron chi connectivity index (χ4n) is 0.273. The summed E-state index contributed by atoms with van der Waals surface area (Å²) in [6.07, 6.45) is 0. The van der Waals surface area contributed by atoms with Crippen molar-refractivity contribution in [3.05, 3.63) is 0 Å². The predicted molar refractivity (Wildman–Crippen MR) is 42.2 cm³/mol. The molecule has 0 aliphatic carbocycles. The Labute approximate surface area is 94.8 Å². The molecule has 0 fully saturated rings. The fraction of sp³-hybridized carbons (Fsp3) is 0.600.